The van der Waals surface area contributed by atoms with E-state index in [2.05, 4.69) is 19.2 Å². The van der Waals surface area contributed by atoms with Crippen molar-refractivity contribution in [1.29, 1.82) is 0 Å². The molecule has 4 heteroatoms. The van der Waals surface area contributed by atoms with Crippen molar-refractivity contribution in [2.24, 2.45) is 11.8 Å². The predicted octanol–water partition coefficient (Wildman–Crippen LogP) is 2.23. The molecule has 1 saturated carbocycles. The first kappa shape index (κ1) is 15.0. The Morgan fingerprint density at radius 2 is 1.88 bits per heavy atom. The Labute approximate surface area is 106 Å². The molecule has 1 fully saturated rings. The van der Waals surface area contributed by atoms with E-state index in [1.54, 1.807) is 0 Å². The first-order chi connectivity index (χ1) is 7.94. The van der Waals surface area contributed by atoms with Gasteiger partial charge in [0.1, 0.15) is 9.84 Å². The zero-order chi connectivity index (χ0) is 12.9. The summed E-state index contributed by atoms with van der Waals surface area (Å²) in [5.41, 5.74) is 0. The van der Waals surface area contributed by atoms with E-state index in [4.69, 9.17) is 0 Å². The highest BCUT2D eigenvalue weighted by atomic mass is 32.2. The molecule has 0 spiro atoms. The normalized spacial score (nSPS) is 18.6. The molecule has 0 amide bonds. The molecule has 0 radical (unpaired) electrons. The van der Waals surface area contributed by atoms with Crippen LogP contribution in [0.1, 0.15) is 46.5 Å². The van der Waals surface area contributed by atoms with Crippen LogP contribution in [0.2, 0.25) is 0 Å². The third-order valence-electron chi connectivity index (χ3n) is 3.50. The summed E-state index contributed by atoms with van der Waals surface area (Å²) in [5, 5.41) is 3.51. The van der Waals surface area contributed by atoms with E-state index in [-0.39, 0.29) is 0 Å². The average Bonchev–Trinajstić information content (AvgIpc) is 3.00. The SMILES string of the molecule is CCCS(=O)(=O)CCC(CNC1CC1)C(C)C. The van der Waals surface area contributed by atoms with Gasteiger partial charge in [0.05, 0.1) is 5.75 Å². The largest absolute Gasteiger partial charge is 0.314 e. The summed E-state index contributed by atoms with van der Waals surface area (Å²) in [4.78, 5) is 0. The number of nitrogens with one attached hydrogen (secondary N) is 1. The topological polar surface area (TPSA) is 46.2 Å². The van der Waals surface area contributed by atoms with Gasteiger partial charge in [0.2, 0.25) is 0 Å². The maximum Gasteiger partial charge on any atom is 0.150 e. The van der Waals surface area contributed by atoms with Gasteiger partial charge in [0, 0.05) is 11.8 Å². The van der Waals surface area contributed by atoms with Crippen LogP contribution >= 0.6 is 0 Å². The molecule has 1 N–H and O–H groups in total. The quantitative estimate of drug-likeness (QED) is 0.692. The fraction of sp³-hybridized carbons (Fsp3) is 1.00. The van der Waals surface area contributed by atoms with Gasteiger partial charge in [-0.05, 0) is 44.1 Å². The second-order valence-corrected chi connectivity index (χ2v) is 7.93. The fourth-order valence-electron chi connectivity index (χ4n) is 2.02. The Hall–Kier alpha value is -0.0900. The summed E-state index contributed by atoms with van der Waals surface area (Å²) in [6, 6.07) is 0.712. The maximum absolute atomic E-state index is 11.7. The minimum absolute atomic E-state index is 0.341. The lowest BCUT2D eigenvalue weighted by atomic mass is 9.93. The molecule has 17 heavy (non-hydrogen) atoms. The minimum atomic E-state index is -2.81. The summed E-state index contributed by atoms with van der Waals surface area (Å²) in [7, 11) is -2.81. The third kappa shape index (κ3) is 6.41. The van der Waals surface area contributed by atoms with E-state index in [1.165, 1.54) is 12.8 Å². The fourth-order valence-corrected chi connectivity index (χ4v) is 3.51. The van der Waals surface area contributed by atoms with Gasteiger partial charge in [-0.15, -0.1) is 0 Å². The molecule has 0 bridgehead atoms. The van der Waals surface area contributed by atoms with E-state index in [0.29, 0.717) is 29.4 Å². The van der Waals surface area contributed by atoms with Crippen molar-refractivity contribution >= 4 is 9.84 Å². The zero-order valence-electron chi connectivity index (χ0n) is 11.4. The standard InChI is InChI=1S/C13H27NO2S/c1-4-8-17(15,16)9-7-12(11(2)3)10-14-13-5-6-13/h11-14H,4-10H2,1-3H3. The highest BCUT2D eigenvalue weighted by Gasteiger charge is 2.23. The highest BCUT2D eigenvalue weighted by molar-refractivity contribution is 7.91. The van der Waals surface area contributed by atoms with E-state index in [0.717, 1.165) is 19.4 Å². The van der Waals surface area contributed by atoms with Crippen LogP contribution in [0.25, 0.3) is 0 Å². The van der Waals surface area contributed by atoms with E-state index >= 15 is 0 Å². The Kier molecular flexibility index (Phi) is 5.93. The van der Waals surface area contributed by atoms with Gasteiger partial charge < -0.3 is 5.32 Å². The second-order valence-electron chi connectivity index (χ2n) is 5.63. The molecule has 0 aromatic rings. The van der Waals surface area contributed by atoms with Crippen molar-refractivity contribution < 1.29 is 8.42 Å². The van der Waals surface area contributed by atoms with Gasteiger partial charge >= 0.3 is 0 Å². The Bertz CT molecular complexity index is 307. The summed E-state index contributed by atoms with van der Waals surface area (Å²) in [6.45, 7) is 7.27. The molecular weight excluding hydrogens is 234 g/mol. The van der Waals surface area contributed by atoms with Gasteiger partial charge in [-0.25, -0.2) is 8.42 Å². The predicted molar refractivity (Wildman–Crippen MR) is 72.9 cm³/mol. The number of sulfone groups is 1. The molecule has 1 atom stereocenters. The van der Waals surface area contributed by atoms with Crippen molar-refractivity contribution in [3.05, 3.63) is 0 Å². The molecule has 1 unspecified atom stereocenters. The molecule has 1 rings (SSSR count). The molecular formula is C13H27NO2S. The van der Waals surface area contributed by atoms with Crippen molar-refractivity contribution in [3.63, 3.8) is 0 Å². The van der Waals surface area contributed by atoms with Crippen LogP contribution in [-0.4, -0.2) is 32.5 Å². The van der Waals surface area contributed by atoms with Gasteiger partial charge in [-0.3, -0.25) is 0 Å². The lowest BCUT2D eigenvalue weighted by molar-refractivity contribution is 0.352. The molecule has 0 aromatic carbocycles. The summed E-state index contributed by atoms with van der Waals surface area (Å²) < 4.78 is 23.4. The lowest BCUT2D eigenvalue weighted by Gasteiger charge is -2.21. The van der Waals surface area contributed by atoms with E-state index in [9.17, 15) is 8.42 Å². The third-order valence-corrected chi connectivity index (χ3v) is 5.39. The molecule has 1 aliphatic rings. The van der Waals surface area contributed by atoms with Crippen molar-refractivity contribution in [3.8, 4) is 0 Å². The lowest BCUT2D eigenvalue weighted by Crippen LogP contribution is -2.29. The number of hydrogen-bond donors (Lipinski definition) is 1. The van der Waals surface area contributed by atoms with E-state index < -0.39 is 9.84 Å². The molecule has 0 aliphatic heterocycles. The van der Waals surface area contributed by atoms with Crippen LogP contribution in [0.5, 0.6) is 0 Å². The maximum atomic E-state index is 11.7. The summed E-state index contributed by atoms with van der Waals surface area (Å²) >= 11 is 0. The first-order valence-electron chi connectivity index (χ1n) is 6.88. The van der Waals surface area contributed by atoms with Crippen LogP contribution in [0.15, 0.2) is 0 Å². The Morgan fingerprint density at radius 1 is 1.24 bits per heavy atom. The molecule has 3 nitrogen and oxygen atoms in total. The van der Waals surface area contributed by atoms with Crippen LogP contribution < -0.4 is 5.32 Å². The van der Waals surface area contributed by atoms with Crippen LogP contribution in [-0.2, 0) is 9.84 Å². The second kappa shape index (κ2) is 6.74. The average molecular weight is 261 g/mol. The number of rotatable bonds is 9. The van der Waals surface area contributed by atoms with Gasteiger partial charge in [0.25, 0.3) is 0 Å². The van der Waals surface area contributed by atoms with Crippen LogP contribution in [0.4, 0.5) is 0 Å². The molecule has 1 aliphatic carbocycles. The molecule has 0 heterocycles. The van der Waals surface area contributed by atoms with Gasteiger partial charge in [-0.2, -0.15) is 0 Å². The molecule has 0 saturated heterocycles. The highest BCUT2D eigenvalue weighted by Crippen LogP contribution is 2.21. The summed E-state index contributed by atoms with van der Waals surface area (Å²) in [5.74, 6) is 1.74. The van der Waals surface area contributed by atoms with Crippen molar-refractivity contribution in [2.45, 2.75) is 52.5 Å². The Balaban J connectivity index is 2.32. The van der Waals surface area contributed by atoms with Crippen molar-refractivity contribution in [1.82, 2.24) is 5.32 Å². The van der Waals surface area contributed by atoms with E-state index in [1.807, 2.05) is 6.92 Å². The van der Waals surface area contributed by atoms with Crippen molar-refractivity contribution in [2.75, 3.05) is 18.1 Å². The summed E-state index contributed by atoms with van der Waals surface area (Å²) in [6.07, 6.45) is 4.12. The number of hydrogen-bond acceptors (Lipinski definition) is 3. The smallest absolute Gasteiger partial charge is 0.150 e. The first-order valence-corrected chi connectivity index (χ1v) is 8.70. The minimum Gasteiger partial charge on any atom is -0.314 e. The van der Waals surface area contributed by atoms with Gasteiger partial charge in [0.15, 0.2) is 0 Å². The molecule has 0 aromatic heterocycles. The molecule has 102 valence electrons. The Morgan fingerprint density at radius 3 is 2.35 bits per heavy atom. The zero-order valence-corrected chi connectivity index (χ0v) is 12.2. The van der Waals surface area contributed by atoms with Crippen LogP contribution in [0, 0.1) is 11.8 Å². The van der Waals surface area contributed by atoms with Gasteiger partial charge in [-0.1, -0.05) is 20.8 Å². The van der Waals surface area contributed by atoms with Crippen LogP contribution in [0.3, 0.4) is 0 Å². The monoisotopic (exact) mass is 261 g/mol.